The van der Waals surface area contributed by atoms with E-state index in [1.165, 1.54) is 6.08 Å². The van der Waals surface area contributed by atoms with Gasteiger partial charge >= 0.3 is 5.97 Å². The molecule has 0 atom stereocenters. The van der Waals surface area contributed by atoms with Crippen molar-refractivity contribution in [1.82, 2.24) is 0 Å². The van der Waals surface area contributed by atoms with Gasteiger partial charge in [-0.3, -0.25) is 4.79 Å². The molecular weight excluding hydrogens is 451 g/mol. The summed E-state index contributed by atoms with van der Waals surface area (Å²) in [6.45, 7) is -0.951. The number of benzene rings is 4. The van der Waals surface area contributed by atoms with Crippen molar-refractivity contribution in [3.05, 3.63) is 133 Å². The molecule has 0 aliphatic carbocycles. The fraction of sp³-hybridized carbons (Fsp3) is 0.0645. The number of allylic oxidation sites excluding steroid dienone is 1. The first-order chi connectivity index (χ1) is 17.2. The van der Waals surface area contributed by atoms with E-state index >= 15 is 0 Å². The third-order valence-corrected chi connectivity index (χ3v) is 9.99. The van der Waals surface area contributed by atoms with Gasteiger partial charge in [0.1, 0.15) is 5.29 Å². The number of carbonyl (C=O) groups excluding carboxylic acids is 2. The molecule has 4 aromatic carbocycles. The Bertz CT molecular complexity index is 1260. The van der Waals surface area contributed by atoms with Crippen LogP contribution in [-0.4, -0.2) is 23.7 Å². The van der Waals surface area contributed by atoms with Crippen molar-refractivity contribution in [3.63, 3.8) is 0 Å². The summed E-state index contributed by atoms with van der Waals surface area (Å²) in [4.78, 5) is 27.7. The second-order valence-electron chi connectivity index (χ2n) is 7.85. The molecular formula is C31H27O3P. The van der Waals surface area contributed by atoms with Crippen molar-refractivity contribution >= 4 is 45.9 Å². The van der Waals surface area contributed by atoms with Gasteiger partial charge in [-0.05, 0) is 41.4 Å². The maximum absolute atomic E-state index is 14.0. The molecule has 0 N–H and O–H groups in total. The molecule has 4 aromatic rings. The standard InChI is InChI=1S/C31H27O3P/c1-2-34-31(33)30(29(32)24-23-25-15-7-3-8-16-25)35(26-17-9-4-10-18-26,27-19-11-5-12-20-27)28-21-13-6-14-22-28/h3-24H,2H2,1H3/b24-23+. The van der Waals surface area contributed by atoms with Gasteiger partial charge in [-0.25, -0.2) is 4.79 Å². The molecule has 0 saturated carbocycles. The largest absolute Gasteiger partial charge is 0.462 e. The lowest BCUT2D eigenvalue weighted by Gasteiger charge is -2.31. The van der Waals surface area contributed by atoms with Gasteiger partial charge in [0.05, 0.1) is 6.61 Å². The van der Waals surface area contributed by atoms with E-state index in [0.29, 0.717) is 0 Å². The number of hydrogen-bond donors (Lipinski definition) is 0. The van der Waals surface area contributed by atoms with E-state index in [-0.39, 0.29) is 17.7 Å². The van der Waals surface area contributed by atoms with Gasteiger partial charge in [0.15, 0.2) is 5.78 Å². The quantitative estimate of drug-likeness (QED) is 0.155. The maximum atomic E-state index is 14.0. The minimum absolute atomic E-state index is 0.162. The lowest BCUT2D eigenvalue weighted by Crippen LogP contribution is -2.37. The first-order valence-electron chi connectivity index (χ1n) is 11.6. The lowest BCUT2D eigenvalue weighted by molar-refractivity contribution is -0.135. The monoisotopic (exact) mass is 478 g/mol. The van der Waals surface area contributed by atoms with Crippen LogP contribution in [0.25, 0.3) is 6.08 Å². The van der Waals surface area contributed by atoms with E-state index in [2.05, 4.69) is 0 Å². The van der Waals surface area contributed by atoms with Gasteiger partial charge in [-0.15, -0.1) is 0 Å². The predicted octanol–water partition coefficient (Wildman–Crippen LogP) is 5.00. The zero-order valence-electron chi connectivity index (χ0n) is 19.6. The highest BCUT2D eigenvalue weighted by Gasteiger charge is 2.36. The van der Waals surface area contributed by atoms with Crippen molar-refractivity contribution < 1.29 is 14.3 Å². The molecule has 0 amide bonds. The van der Waals surface area contributed by atoms with E-state index in [0.717, 1.165) is 21.5 Å². The highest BCUT2D eigenvalue weighted by Crippen LogP contribution is 2.46. The van der Waals surface area contributed by atoms with Crippen LogP contribution in [0.5, 0.6) is 0 Å². The zero-order valence-corrected chi connectivity index (χ0v) is 20.5. The summed E-state index contributed by atoms with van der Waals surface area (Å²) < 4.78 is 5.54. The van der Waals surface area contributed by atoms with Crippen LogP contribution in [0.15, 0.2) is 127 Å². The van der Waals surface area contributed by atoms with Crippen LogP contribution in [0.4, 0.5) is 0 Å². The van der Waals surface area contributed by atoms with Gasteiger partial charge in [0.25, 0.3) is 0 Å². The van der Waals surface area contributed by atoms with Crippen molar-refractivity contribution in [1.29, 1.82) is 0 Å². The van der Waals surface area contributed by atoms with E-state index in [4.69, 9.17) is 4.74 Å². The molecule has 0 unspecified atom stereocenters. The molecule has 0 fully saturated rings. The summed E-state index contributed by atoms with van der Waals surface area (Å²) in [5, 5.41) is 2.92. The number of carbonyl (C=O) groups is 2. The molecule has 4 rings (SSSR count). The molecule has 0 saturated heterocycles. The van der Waals surface area contributed by atoms with Gasteiger partial charge < -0.3 is 4.74 Å². The van der Waals surface area contributed by atoms with Gasteiger partial charge in [0.2, 0.25) is 0 Å². The van der Waals surface area contributed by atoms with E-state index in [9.17, 15) is 9.59 Å². The summed E-state index contributed by atoms with van der Waals surface area (Å²) in [6, 6.07) is 39.1. The first-order valence-corrected chi connectivity index (χ1v) is 13.3. The minimum atomic E-state index is -2.89. The van der Waals surface area contributed by atoms with Crippen LogP contribution in [0.3, 0.4) is 0 Å². The van der Waals surface area contributed by atoms with Crippen LogP contribution in [0.1, 0.15) is 12.5 Å². The summed E-state index contributed by atoms with van der Waals surface area (Å²) in [6.07, 6.45) is 3.24. The third-order valence-electron chi connectivity index (χ3n) is 5.69. The molecule has 0 heterocycles. The first kappa shape index (κ1) is 24.2. The highest BCUT2D eigenvalue weighted by atomic mass is 31.2. The molecule has 0 aliphatic rings. The Morgan fingerprint density at radius 1 is 0.657 bits per heavy atom. The second kappa shape index (κ2) is 11.5. The fourth-order valence-corrected chi connectivity index (χ4v) is 8.48. The molecule has 3 nitrogen and oxygen atoms in total. The van der Waals surface area contributed by atoms with Gasteiger partial charge in [-0.1, -0.05) is 127 Å². The van der Waals surface area contributed by atoms with E-state index in [1.54, 1.807) is 13.0 Å². The smallest absolute Gasteiger partial charge is 0.343 e. The molecule has 35 heavy (non-hydrogen) atoms. The van der Waals surface area contributed by atoms with Crippen LogP contribution in [0.2, 0.25) is 0 Å². The summed E-state index contributed by atoms with van der Waals surface area (Å²) in [5.41, 5.74) is 0.882. The third kappa shape index (κ3) is 5.11. The Kier molecular flexibility index (Phi) is 7.92. The molecule has 0 aromatic heterocycles. The topological polar surface area (TPSA) is 43.4 Å². The molecule has 0 aliphatic heterocycles. The summed E-state index contributed by atoms with van der Waals surface area (Å²) >= 11 is 0. The SMILES string of the molecule is CCOC(=O)C(C(=O)/C=C/c1ccccc1)=P(c1ccccc1)(c1ccccc1)c1ccccc1. The van der Waals surface area contributed by atoms with Crippen LogP contribution in [0, 0.1) is 0 Å². The number of rotatable bonds is 8. The van der Waals surface area contributed by atoms with Crippen molar-refractivity contribution in [2.75, 3.05) is 6.61 Å². The number of hydrogen-bond acceptors (Lipinski definition) is 3. The number of ketones is 1. The van der Waals surface area contributed by atoms with E-state index in [1.807, 2.05) is 121 Å². The molecule has 4 heteroatoms. The Balaban J connectivity index is 2.14. The summed E-state index contributed by atoms with van der Waals surface area (Å²) in [5.74, 6) is -0.933. The second-order valence-corrected chi connectivity index (χ2v) is 11.2. The number of ether oxygens (including phenoxy) is 1. The average molecular weight is 479 g/mol. The maximum Gasteiger partial charge on any atom is 0.343 e. The Morgan fingerprint density at radius 2 is 1.06 bits per heavy atom. The number of esters is 1. The van der Waals surface area contributed by atoms with Crippen molar-refractivity contribution in [3.8, 4) is 0 Å². The van der Waals surface area contributed by atoms with E-state index < -0.39 is 12.9 Å². The zero-order chi connectivity index (χ0) is 24.5. The van der Waals surface area contributed by atoms with Crippen LogP contribution < -0.4 is 15.9 Å². The summed E-state index contributed by atoms with van der Waals surface area (Å²) in [7, 11) is 0. The molecule has 174 valence electrons. The fourth-order valence-electron chi connectivity index (χ4n) is 4.21. The Hall–Kier alpha value is -3.94. The molecule has 0 radical (unpaired) electrons. The van der Waals surface area contributed by atoms with Crippen LogP contribution in [-0.2, 0) is 14.3 Å². The minimum Gasteiger partial charge on any atom is -0.462 e. The van der Waals surface area contributed by atoms with Crippen molar-refractivity contribution in [2.45, 2.75) is 6.92 Å². The Morgan fingerprint density at radius 3 is 1.46 bits per heavy atom. The average Bonchev–Trinajstić information content (AvgIpc) is 2.92. The molecule has 0 bridgehead atoms. The molecule has 0 spiro atoms. The van der Waals surface area contributed by atoms with Gasteiger partial charge in [-0.2, -0.15) is 0 Å². The highest BCUT2D eigenvalue weighted by molar-refractivity contribution is 7.97. The van der Waals surface area contributed by atoms with Crippen molar-refractivity contribution in [2.24, 2.45) is 0 Å². The predicted molar refractivity (Wildman–Crippen MR) is 147 cm³/mol. The lowest BCUT2D eigenvalue weighted by atomic mass is 10.2. The van der Waals surface area contributed by atoms with Crippen LogP contribution >= 0.6 is 6.89 Å². The van der Waals surface area contributed by atoms with Gasteiger partial charge in [0, 0.05) is 0 Å². The normalized spacial score (nSPS) is 11.2. The Labute approximate surface area is 206 Å².